The molecule has 62 heavy (non-hydrogen) atoms. The highest BCUT2D eigenvalue weighted by Gasteiger charge is 2.19. The molecule has 0 saturated heterocycles. The molecule has 0 N–H and O–H groups in total. The number of carbonyl (C=O) groups excluding carboxylic acids is 3. The van der Waals surface area contributed by atoms with Crippen LogP contribution in [0.15, 0.2) is 0 Å². The minimum absolute atomic E-state index is 0.0636. The zero-order valence-electron chi connectivity index (χ0n) is 42.5. The summed E-state index contributed by atoms with van der Waals surface area (Å²) in [7, 11) is 0. The van der Waals surface area contributed by atoms with Crippen LogP contribution in [0.1, 0.15) is 311 Å². The Morgan fingerprint density at radius 2 is 0.532 bits per heavy atom. The maximum atomic E-state index is 12.8. The largest absolute Gasteiger partial charge is 0.462 e. The summed E-state index contributed by atoms with van der Waals surface area (Å²) >= 11 is 0. The average Bonchev–Trinajstić information content (AvgIpc) is 3.24. The Labute approximate surface area is 387 Å². The number of carbonyl (C=O) groups is 3. The zero-order chi connectivity index (χ0) is 45.4. The molecular formula is C56H108O6. The van der Waals surface area contributed by atoms with Crippen LogP contribution in [0, 0.1) is 11.8 Å². The van der Waals surface area contributed by atoms with Crippen LogP contribution < -0.4 is 0 Å². The van der Waals surface area contributed by atoms with Crippen LogP contribution in [-0.4, -0.2) is 37.2 Å². The minimum Gasteiger partial charge on any atom is -0.462 e. The Morgan fingerprint density at radius 3 is 0.790 bits per heavy atom. The molecule has 0 aliphatic rings. The summed E-state index contributed by atoms with van der Waals surface area (Å²) < 4.78 is 16.8. The second kappa shape index (κ2) is 48.9. The summed E-state index contributed by atoms with van der Waals surface area (Å²) in [5.41, 5.74) is 0. The molecule has 0 heterocycles. The monoisotopic (exact) mass is 877 g/mol. The van der Waals surface area contributed by atoms with Gasteiger partial charge in [-0.2, -0.15) is 0 Å². The number of unbranched alkanes of at least 4 members (excludes halogenated alkanes) is 35. The summed E-state index contributed by atoms with van der Waals surface area (Å²) in [6.07, 6.45) is 51.0. The quantitative estimate of drug-likeness (QED) is 0.0344. The van der Waals surface area contributed by atoms with Crippen LogP contribution in [0.2, 0.25) is 0 Å². The highest BCUT2D eigenvalue weighted by molar-refractivity contribution is 5.71. The highest BCUT2D eigenvalue weighted by Crippen LogP contribution is 2.18. The molecular weight excluding hydrogens is 769 g/mol. The van der Waals surface area contributed by atoms with E-state index in [1.54, 1.807) is 0 Å². The molecule has 368 valence electrons. The molecule has 0 radical (unpaired) electrons. The van der Waals surface area contributed by atoms with Gasteiger partial charge in [0.15, 0.2) is 6.10 Å². The van der Waals surface area contributed by atoms with Crippen molar-refractivity contribution >= 4 is 17.9 Å². The molecule has 0 unspecified atom stereocenters. The predicted octanol–water partition coefficient (Wildman–Crippen LogP) is 18.1. The van der Waals surface area contributed by atoms with E-state index in [0.29, 0.717) is 19.3 Å². The lowest BCUT2D eigenvalue weighted by molar-refractivity contribution is -0.167. The fourth-order valence-electron chi connectivity index (χ4n) is 8.52. The second-order valence-electron chi connectivity index (χ2n) is 20.2. The van der Waals surface area contributed by atoms with Gasteiger partial charge in [-0.25, -0.2) is 0 Å². The molecule has 0 amide bonds. The summed E-state index contributed by atoms with van der Waals surface area (Å²) in [5.74, 6) is 0.779. The molecule has 0 bridgehead atoms. The Morgan fingerprint density at radius 1 is 0.306 bits per heavy atom. The first-order valence-corrected chi connectivity index (χ1v) is 27.7. The van der Waals surface area contributed by atoms with E-state index in [1.165, 1.54) is 199 Å². The average molecular weight is 877 g/mol. The number of esters is 3. The van der Waals surface area contributed by atoms with Crippen molar-refractivity contribution in [2.24, 2.45) is 11.8 Å². The molecule has 1 atom stereocenters. The SMILES string of the molecule is CCCCCCCCCCCCCCCCCCCC(=O)OC[C@H](COC(=O)CCCCCCCCCC(C)C)OC(=O)CCCCCCCCCCCCCCCCC(C)C. The number of hydrogen-bond donors (Lipinski definition) is 0. The molecule has 0 aromatic rings. The van der Waals surface area contributed by atoms with Crippen LogP contribution in [0.25, 0.3) is 0 Å². The van der Waals surface area contributed by atoms with E-state index in [1.807, 2.05) is 0 Å². The van der Waals surface area contributed by atoms with Crippen LogP contribution in [0.5, 0.6) is 0 Å². The topological polar surface area (TPSA) is 78.9 Å². The molecule has 0 aromatic heterocycles. The molecule has 0 aromatic carbocycles. The van der Waals surface area contributed by atoms with Crippen molar-refractivity contribution in [1.29, 1.82) is 0 Å². The van der Waals surface area contributed by atoms with Crippen LogP contribution >= 0.6 is 0 Å². The Bertz CT molecular complexity index is 947. The van der Waals surface area contributed by atoms with Crippen molar-refractivity contribution < 1.29 is 28.6 Å². The van der Waals surface area contributed by atoms with Gasteiger partial charge in [0.25, 0.3) is 0 Å². The maximum Gasteiger partial charge on any atom is 0.306 e. The fourth-order valence-corrected chi connectivity index (χ4v) is 8.52. The van der Waals surface area contributed by atoms with Gasteiger partial charge in [0, 0.05) is 19.3 Å². The number of ether oxygens (including phenoxy) is 3. The first kappa shape index (κ1) is 60.4. The predicted molar refractivity (Wildman–Crippen MR) is 266 cm³/mol. The number of rotatable bonds is 50. The van der Waals surface area contributed by atoms with Crippen LogP contribution in [-0.2, 0) is 28.6 Å². The van der Waals surface area contributed by atoms with Crippen molar-refractivity contribution in [3.8, 4) is 0 Å². The lowest BCUT2D eigenvalue weighted by Crippen LogP contribution is -2.30. The van der Waals surface area contributed by atoms with E-state index in [-0.39, 0.29) is 31.1 Å². The van der Waals surface area contributed by atoms with E-state index in [9.17, 15) is 14.4 Å². The maximum absolute atomic E-state index is 12.8. The van der Waals surface area contributed by atoms with Gasteiger partial charge in [0.1, 0.15) is 13.2 Å². The van der Waals surface area contributed by atoms with Gasteiger partial charge >= 0.3 is 17.9 Å². The molecule has 6 heteroatoms. The normalized spacial score (nSPS) is 12.0. The second-order valence-corrected chi connectivity index (χ2v) is 20.2. The van der Waals surface area contributed by atoms with Crippen molar-refractivity contribution in [3.63, 3.8) is 0 Å². The Kier molecular flexibility index (Phi) is 47.6. The molecule has 0 rings (SSSR count). The lowest BCUT2D eigenvalue weighted by Gasteiger charge is -2.18. The third kappa shape index (κ3) is 49.4. The molecule has 0 aliphatic carbocycles. The fraction of sp³-hybridized carbons (Fsp3) is 0.946. The van der Waals surface area contributed by atoms with Gasteiger partial charge in [0.2, 0.25) is 0 Å². The van der Waals surface area contributed by atoms with Crippen LogP contribution in [0.4, 0.5) is 0 Å². The molecule has 0 saturated carbocycles. The van der Waals surface area contributed by atoms with Gasteiger partial charge in [-0.3, -0.25) is 14.4 Å². The molecule has 0 aliphatic heterocycles. The van der Waals surface area contributed by atoms with Gasteiger partial charge in [-0.05, 0) is 31.1 Å². The number of hydrogen-bond acceptors (Lipinski definition) is 6. The van der Waals surface area contributed by atoms with E-state index in [0.717, 1.165) is 69.6 Å². The van der Waals surface area contributed by atoms with E-state index in [2.05, 4.69) is 34.6 Å². The van der Waals surface area contributed by atoms with Gasteiger partial charge in [-0.15, -0.1) is 0 Å². The first-order chi connectivity index (χ1) is 30.2. The Hall–Kier alpha value is -1.59. The summed E-state index contributed by atoms with van der Waals surface area (Å²) in [6.45, 7) is 11.4. The van der Waals surface area contributed by atoms with Gasteiger partial charge in [-0.1, -0.05) is 272 Å². The molecule has 0 fully saturated rings. The highest BCUT2D eigenvalue weighted by atomic mass is 16.6. The van der Waals surface area contributed by atoms with E-state index >= 15 is 0 Å². The van der Waals surface area contributed by atoms with Crippen molar-refractivity contribution in [2.45, 2.75) is 317 Å². The lowest BCUT2D eigenvalue weighted by atomic mass is 10.0. The molecule has 0 spiro atoms. The van der Waals surface area contributed by atoms with Crippen LogP contribution in [0.3, 0.4) is 0 Å². The summed E-state index contributed by atoms with van der Waals surface area (Å²) in [5, 5.41) is 0. The van der Waals surface area contributed by atoms with Gasteiger partial charge in [0.05, 0.1) is 0 Å². The third-order valence-corrected chi connectivity index (χ3v) is 12.7. The summed E-state index contributed by atoms with van der Waals surface area (Å²) in [6, 6.07) is 0. The third-order valence-electron chi connectivity index (χ3n) is 12.7. The smallest absolute Gasteiger partial charge is 0.306 e. The standard InChI is InChI=1S/C56H108O6/c1-6-7-8-9-10-11-12-13-14-15-16-20-23-26-31-36-41-46-54(57)60-49-53(50-61-55(58)47-42-37-33-28-30-35-40-45-52(4)5)62-56(59)48-43-38-32-27-24-21-18-17-19-22-25-29-34-39-44-51(2)3/h51-53H,6-50H2,1-5H3/t53-/m1/s1. The summed E-state index contributed by atoms with van der Waals surface area (Å²) in [4.78, 5) is 38.0. The van der Waals surface area contributed by atoms with Gasteiger partial charge < -0.3 is 14.2 Å². The van der Waals surface area contributed by atoms with E-state index < -0.39 is 6.10 Å². The van der Waals surface area contributed by atoms with Crippen molar-refractivity contribution in [2.75, 3.05) is 13.2 Å². The van der Waals surface area contributed by atoms with Crippen molar-refractivity contribution in [3.05, 3.63) is 0 Å². The minimum atomic E-state index is -0.762. The van der Waals surface area contributed by atoms with Crippen molar-refractivity contribution in [1.82, 2.24) is 0 Å². The molecule has 6 nitrogen and oxygen atoms in total. The van der Waals surface area contributed by atoms with E-state index in [4.69, 9.17) is 14.2 Å². The zero-order valence-corrected chi connectivity index (χ0v) is 42.5. The Balaban J connectivity index is 4.26. The first-order valence-electron chi connectivity index (χ1n) is 27.7.